The average Bonchev–Trinajstić information content (AvgIpc) is 3.19. The second-order valence-electron chi connectivity index (χ2n) is 5.80. The fraction of sp³-hybridized carbons (Fsp3) is 0.294. The number of aromatic nitrogens is 3. The van der Waals surface area contributed by atoms with Gasteiger partial charge in [0.2, 0.25) is 5.95 Å². The standard InChI is InChI=1S/C17H19N5/c1-12-4-6-13(7-5-12)19-17-20-15-14(8-9-18-15)16(21-17)22-10-2-3-11-22/h4-9H,2-3,10-11H2,1H3,(H2,18,19,20,21). The molecule has 1 fully saturated rings. The van der Waals surface area contributed by atoms with Crippen LogP contribution in [-0.4, -0.2) is 28.0 Å². The summed E-state index contributed by atoms with van der Waals surface area (Å²) in [5.74, 6) is 1.67. The molecule has 112 valence electrons. The minimum atomic E-state index is 0.640. The van der Waals surface area contributed by atoms with E-state index in [0.717, 1.165) is 35.6 Å². The third kappa shape index (κ3) is 2.39. The van der Waals surface area contributed by atoms with Gasteiger partial charge >= 0.3 is 0 Å². The molecular weight excluding hydrogens is 274 g/mol. The van der Waals surface area contributed by atoms with E-state index in [4.69, 9.17) is 4.98 Å². The number of rotatable bonds is 3. The summed E-state index contributed by atoms with van der Waals surface area (Å²) in [7, 11) is 0. The van der Waals surface area contributed by atoms with Gasteiger partial charge in [0.05, 0.1) is 5.39 Å². The van der Waals surface area contributed by atoms with Crippen molar-refractivity contribution in [2.75, 3.05) is 23.3 Å². The molecule has 3 aromatic rings. The van der Waals surface area contributed by atoms with Crippen LogP contribution >= 0.6 is 0 Å². The van der Waals surface area contributed by atoms with Crippen LogP contribution in [-0.2, 0) is 0 Å². The van der Waals surface area contributed by atoms with Crippen LogP contribution < -0.4 is 10.2 Å². The van der Waals surface area contributed by atoms with E-state index in [9.17, 15) is 0 Å². The Morgan fingerprint density at radius 2 is 1.82 bits per heavy atom. The summed E-state index contributed by atoms with van der Waals surface area (Å²) in [4.78, 5) is 14.9. The van der Waals surface area contributed by atoms with Crippen molar-refractivity contribution in [2.24, 2.45) is 0 Å². The van der Waals surface area contributed by atoms with Crippen LogP contribution in [0.3, 0.4) is 0 Å². The summed E-state index contributed by atoms with van der Waals surface area (Å²) in [5.41, 5.74) is 3.12. The second kappa shape index (κ2) is 5.33. The molecule has 0 saturated carbocycles. The molecule has 1 aromatic carbocycles. The minimum Gasteiger partial charge on any atom is -0.356 e. The van der Waals surface area contributed by atoms with Crippen LogP contribution in [0.1, 0.15) is 18.4 Å². The lowest BCUT2D eigenvalue weighted by atomic mass is 10.2. The van der Waals surface area contributed by atoms with Gasteiger partial charge in [0.15, 0.2) is 0 Å². The molecule has 0 atom stereocenters. The number of nitrogens with one attached hydrogen (secondary N) is 2. The molecule has 0 aliphatic carbocycles. The SMILES string of the molecule is Cc1ccc(Nc2nc(N3CCCC3)c3cc[nH]c3n2)cc1. The first-order valence-corrected chi connectivity index (χ1v) is 7.73. The van der Waals surface area contributed by atoms with Gasteiger partial charge in [0, 0.05) is 25.0 Å². The first kappa shape index (κ1) is 13.1. The van der Waals surface area contributed by atoms with Crippen molar-refractivity contribution in [1.82, 2.24) is 15.0 Å². The summed E-state index contributed by atoms with van der Waals surface area (Å²) < 4.78 is 0. The molecular formula is C17H19N5. The highest BCUT2D eigenvalue weighted by Gasteiger charge is 2.18. The van der Waals surface area contributed by atoms with Crippen LogP contribution in [0.2, 0.25) is 0 Å². The molecule has 5 heteroatoms. The topological polar surface area (TPSA) is 56.8 Å². The Morgan fingerprint density at radius 1 is 1.05 bits per heavy atom. The lowest BCUT2D eigenvalue weighted by Gasteiger charge is -2.18. The fourth-order valence-electron chi connectivity index (χ4n) is 2.92. The Balaban J connectivity index is 1.72. The molecule has 0 unspecified atom stereocenters. The van der Waals surface area contributed by atoms with Gasteiger partial charge in [-0.2, -0.15) is 9.97 Å². The highest BCUT2D eigenvalue weighted by atomic mass is 15.2. The third-order valence-electron chi connectivity index (χ3n) is 4.11. The predicted molar refractivity (Wildman–Crippen MR) is 89.8 cm³/mol. The van der Waals surface area contributed by atoms with Crippen molar-refractivity contribution in [1.29, 1.82) is 0 Å². The highest BCUT2D eigenvalue weighted by Crippen LogP contribution is 2.28. The summed E-state index contributed by atoms with van der Waals surface area (Å²) in [6.07, 6.45) is 4.39. The normalized spacial score (nSPS) is 14.7. The number of aryl methyl sites for hydroxylation is 1. The summed E-state index contributed by atoms with van der Waals surface area (Å²) in [6.45, 7) is 4.22. The largest absolute Gasteiger partial charge is 0.356 e. The van der Waals surface area contributed by atoms with Crippen molar-refractivity contribution in [3.63, 3.8) is 0 Å². The molecule has 5 nitrogen and oxygen atoms in total. The van der Waals surface area contributed by atoms with E-state index < -0.39 is 0 Å². The van der Waals surface area contributed by atoms with E-state index in [1.165, 1.54) is 18.4 Å². The Hall–Kier alpha value is -2.56. The monoisotopic (exact) mass is 293 g/mol. The first-order chi connectivity index (χ1) is 10.8. The number of hydrogen-bond acceptors (Lipinski definition) is 4. The maximum absolute atomic E-state index is 4.76. The highest BCUT2D eigenvalue weighted by molar-refractivity contribution is 5.89. The Labute approximate surface area is 129 Å². The maximum atomic E-state index is 4.76. The second-order valence-corrected chi connectivity index (χ2v) is 5.80. The minimum absolute atomic E-state index is 0.640. The number of nitrogens with zero attached hydrogens (tertiary/aromatic N) is 3. The molecule has 0 radical (unpaired) electrons. The van der Waals surface area contributed by atoms with Crippen LogP contribution in [0.5, 0.6) is 0 Å². The zero-order chi connectivity index (χ0) is 14.9. The molecule has 1 aliphatic rings. The average molecular weight is 293 g/mol. The van der Waals surface area contributed by atoms with Crippen molar-refractivity contribution in [2.45, 2.75) is 19.8 Å². The predicted octanol–water partition coefficient (Wildman–Crippen LogP) is 3.61. The third-order valence-corrected chi connectivity index (χ3v) is 4.11. The van der Waals surface area contributed by atoms with E-state index in [0.29, 0.717) is 5.95 Å². The fourth-order valence-corrected chi connectivity index (χ4v) is 2.92. The van der Waals surface area contributed by atoms with Gasteiger partial charge in [-0.25, -0.2) is 0 Å². The zero-order valence-corrected chi connectivity index (χ0v) is 12.6. The van der Waals surface area contributed by atoms with Crippen molar-refractivity contribution < 1.29 is 0 Å². The Kier molecular flexibility index (Phi) is 3.18. The van der Waals surface area contributed by atoms with E-state index in [2.05, 4.69) is 45.3 Å². The van der Waals surface area contributed by atoms with Crippen LogP contribution in [0.25, 0.3) is 11.0 Å². The van der Waals surface area contributed by atoms with Crippen LogP contribution in [0.15, 0.2) is 36.5 Å². The number of anilines is 3. The summed E-state index contributed by atoms with van der Waals surface area (Å²) in [5, 5.41) is 4.40. The molecule has 2 aromatic heterocycles. The zero-order valence-electron chi connectivity index (χ0n) is 12.6. The number of benzene rings is 1. The van der Waals surface area contributed by atoms with Gasteiger partial charge in [0.1, 0.15) is 11.5 Å². The van der Waals surface area contributed by atoms with E-state index in [1.54, 1.807) is 0 Å². The number of aromatic amines is 1. The molecule has 4 rings (SSSR count). The Morgan fingerprint density at radius 3 is 2.59 bits per heavy atom. The van der Waals surface area contributed by atoms with Crippen molar-refractivity contribution >= 4 is 28.5 Å². The maximum Gasteiger partial charge on any atom is 0.231 e. The van der Waals surface area contributed by atoms with Gasteiger partial charge in [-0.05, 0) is 38.0 Å². The van der Waals surface area contributed by atoms with Gasteiger partial charge in [-0.3, -0.25) is 0 Å². The summed E-state index contributed by atoms with van der Waals surface area (Å²) >= 11 is 0. The van der Waals surface area contributed by atoms with E-state index >= 15 is 0 Å². The molecule has 0 bridgehead atoms. The molecule has 1 aliphatic heterocycles. The quantitative estimate of drug-likeness (QED) is 0.774. The van der Waals surface area contributed by atoms with Crippen molar-refractivity contribution in [3.05, 3.63) is 42.1 Å². The van der Waals surface area contributed by atoms with Crippen LogP contribution in [0.4, 0.5) is 17.5 Å². The van der Waals surface area contributed by atoms with Gasteiger partial charge in [0.25, 0.3) is 0 Å². The molecule has 0 amide bonds. The number of H-pyrrole nitrogens is 1. The van der Waals surface area contributed by atoms with Crippen molar-refractivity contribution in [3.8, 4) is 0 Å². The first-order valence-electron chi connectivity index (χ1n) is 7.73. The lowest BCUT2D eigenvalue weighted by molar-refractivity contribution is 0.941. The van der Waals surface area contributed by atoms with Crippen LogP contribution in [0, 0.1) is 6.92 Å². The van der Waals surface area contributed by atoms with Gasteiger partial charge < -0.3 is 15.2 Å². The number of fused-ring (bicyclic) bond motifs is 1. The summed E-state index contributed by atoms with van der Waals surface area (Å²) in [6, 6.07) is 10.3. The van der Waals surface area contributed by atoms with E-state index in [-0.39, 0.29) is 0 Å². The molecule has 2 N–H and O–H groups in total. The molecule has 22 heavy (non-hydrogen) atoms. The Bertz CT molecular complexity index is 784. The number of hydrogen-bond donors (Lipinski definition) is 2. The van der Waals surface area contributed by atoms with Gasteiger partial charge in [-0.1, -0.05) is 17.7 Å². The molecule has 3 heterocycles. The van der Waals surface area contributed by atoms with Gasteiger partial charge in [-0.15, -0.1) is 0 Å². The smallest absolute Gasteiger partial charge is 0.231 e. The lowest BCUT2D eigenvalue weighted by Crippen LogP contribution is -2.20. The van der Waals surface area contributed by atoms with E-state index in [1.807, 2.05) is 18.3 Å². The molecule has 1 saturated heterocycles. The molecule has 0 spiro atoms.